The van der Waals surface area contributed by atoms with E-state index >= 15 is 0 Å². The predicted octanol–water partition coefficient (Wildman–Crippen LogP) is 10.7. The highest BCUT2D eigenvalue weighted by Crippen LogP contribution is 2.23. The minimum absolute atomic E-state index is 0.242. The number of amides is 1. The normalized spacial score (nSPS) is 21.0. The van der Waals surface area contributed by atoms with Gasteiger partial charge in [-0.05, 0) is 57.8 Å². The monoisotopic (exact) mass is 938 g/mol. The van der Waals surface area contributed by atoms with Crippen molar-refractivity contribution >= 4 is 5.91 Å². The molecule has 0 aliphatic carbocycles. The molecule has 0 aromatic rings. The second kappa shape index (κ2) is 44.5. The number of aliphatic hydroxyl groups is 7. The van der Waals surface area contributed by atoms with E-state index in [1.807, 2.05) is 0 Å². The van der Waals surface area contributed by atoms with Gasteiger partial charge in [-0.25, -0.2) is 0 Å². The average Bonchev–Trinajstić information content (AvgIpc) is 3.32. The summed E-state index contributed by atoms with van der Waals surface area (Å²) in [6.07, 6.45) is 42.1. The molecular formula is C55H103NO10. The zero-order valence-electron chi connectivity index (χ0n) is 42.2. The minimum Gasteiger partial charge on any atom is -0.394 e. The lowest BCUT2D eigenvalue weighted by molar-refractivity contribution is -0.303. The molecule has 0 saturated carbocycles. The van der Waals surface area contributed by atoms with Crippen LogP contribution in [-0.4, -0.2) is 110 Å². The van der Waals surface area contributed by atoms with Crippen molar-refractivity contribution in [3.8, 4) is 0 Å². The summed E-state index contributed by atoms with van der Waals surface area (Å²) in [7, 11) is 0. The first-order valence-electron chi connectivity index (χ1n) is 27.4. The van der Waals surface area contributed by atoms with Crippen molar-refractivity contribution in [2.24, 2.45) is 0 Å². The lowest BCUT2D eigenvalue weighted by Crippen LogP contribution is -2.60. The van der Waals surface area contributed by atoms with Gasteiger partial charge in [0.2, 0.25) is 5.91 Å². The Labute approximate surface area is 403 Å². The van der Waals surface area contributed by atoms with Gasteiger partial charge < -0.3 is 50.5 Å². The summed E-state index contributed by atoms with van der Waals surface area (Å²) in [6, 6.07) is -1.19. The number of ether oxygens (including phenoxy) is 2. The highest BCUT2D eigenvalue weighted by atomic mass is 16.7. The van der Waals surface area contributed by atoms with Gasteiger partial charge in [0, 0.05) is 0 Å². The average molecular weight is 938 g/mol. The van der Waals surface area contributed by atoms with E-state index in [0.29, 0.717) is 19.3 Å². The summed E-state index contributed by atoms with van der Waals surface area (Å²) in [5, 5.41) is 75.9. The van der Waals surface area contributed by atoms with Crippen LogP contribution in [0.15, 0.2) is 36.5 Å². The first kappa shape index (κ1) is 62.3. The van der Waals surface area contributed by atoms with Gasteiger partial charge in [-0.2, -0.15) is 0 Å². The molecule has 0 spiro atoms. The number of hydrogen-bond acceptors (Lipinski definition) is 10. The first-order chi connectivity index (χ1) is 32.2. The Hall–Kier alpha value is -1.67. The summed E-state index contributed by atoms with van der Waals surface area (Å²) in [5.41, 5.74) is 0. The molecule has 0 radical (unpaired) electrons. The summed E-state index contributed by atoms with van der Waals surface area (Å²) in [4.78, 5) is 13.1. The highest BCUT2D eigenvalue weighted by Gasteiger charge is 2.44. The molecule has 0 aromatic heterocycles. The first-order valence-corrected chi connectivity index (χ1v) is 27.4. The smallest absolute Gasteiger partial charge is 0.249 e. The van der Waals surface area contributed by atoms with Crippen LogP contribution < -0.4 is 5.32 Å². The molecule has 388 valence electrons. The van der Waals surface area contributed by atoms with Gasteiger partial charge in [-0.1, -0.05) is 217 Å². The van der Waals surface area contributed by atoms with Gasteiger partial charge in [0.15, 0.2) is 6.29 Å². The van der Waals surface area contributed by atoms with Gasteiger partial charge in [0.1, 0.15) is 36.6 Å². The third kappa shape index (κ3) is 33.0. The van der Waals surface area contributed by atoms with Crippen molar-refractivity contribution < 1.29 is 50.0 Å². The van der Waals surface area contributed by atoms with Crippen LogP contribution >= 0.6 is 0 Å². The molecule has 1 aliphatic heterocycles. The van der Waals surface area contributed by atoms with E-state index in [2.05, 4.69) is 55.6 Å². The van der Waals surface area contributed by atoms with Crippen LogP contribution in [0.4, 0.5) is 0 Å². The van der Waals surface area contributed by atoms with Gasteiger partial charge in [0.05, 0.1) is 25.4 Å². The SMILES string of the molecule is CCC/C=C/CC/C=C/CC/C=C/CCCC(O)C(O)C(COC1OC(CO)C(O)C(O)C1O)NC(=O)C(O)CCCCCCCCCCCCCCCCCCCCCCCCCCC. The van der Waals surface area contributed by atoms with Crippen LogP contribution in [0.5, 0.6) is 0 Å². The van der Waals surface area contributed by atoms with Crippen molar-refractivity contribution in [3.63, 3.8) is 0 Å². The molecule has 11 nitrogen and oxygen atoms in total. The van der Waals surface area contributed by atoms with Gasteiger partial charge in [-0.15, -0.1) is 0 Å². The molecule has 1 saturated heterocycles. The third-order valence-electron chi connectivity index (χ3n) is 13.1. The molecule has 9 unspecified atom stereocenters. The zero-order chi connectivity index (χ0) is 48.3. The summed E-state index contributed by atoms with van der Waals surface area (Å²) in [6.45, 7) is 3.37. The second-order valence-electron chi connectivity index (χ2n) is 19.3. The summed E-state index contributed by atoms with van der Waals surface area (Å²) >= 11 is 0. The van der Waals surface area contributed by atoms with E-state index in [0.717, 1.165) is 51.4 Å². The second-order valence-corrected chi connectivity index (χ2v) is 19.3. The summed E-state index contributed by atoms with van der Waals surface area (Å²) < 4.78 is 11.1. The molecule has 0 bridgehead atoms. The van der Waals surface area contributed by atoms with E-state index in [1.54, 1.807) is 0 Å². The molecule has 9 atom stereocenters. The Bertz CT molecular complexity index is 1170. The molecule has 1 heterocycles. The summed E-state index contributed by atoms with van der Waals surface area (Å²) in [5.74, 6) is -0.710. The van der Waals surface area contributed by atoms with Crippen LogP contribution in [0.2, 0.25) is 0 Å². The van der Waals surface area contributed by atoms with Crippen molar-refractivity contribution in [1.82, 2.24) is 5.32 Å². The van der Waals surface area contributed by atoms with Crippen molar-refractivity contribution in [3.05, 3.63) is 36.5 Å². The molecule has 1 aliphatic rings. The maximum Gasteiger partial charge on any atom is 0.249 e. The van der Waals surface area contributed by atoms with Crippen molar-refractivity contribution in [2.45, 2.75) is 294 Å². The lowest BCUT2D eigenvalue weighted by Gasteiger charge is -2.40. The molecule has 0 aromatic carbocycles. The number of aliphatic hydroxyl groups excluding tert-OH is 7. The minimum atomic E-state index is -1.67. The Morgan fingerprint density at radius 3 is 1.35 bits per heavy atom. The van der Waals surface area contributed by atoms with Crippen LogP contribution in [-0.2, 0) is 14.3 Å². The Morgan fingerprint density at radius 1 is 0.515 bits per heavy atom. The van der Waals surface area contributed by atoms with E-state index in [-0.39, 0.29) is 12.8 Å². The maximum absolute atomic E-state index is 13.1. The molecule has 1 amide bonds. The largest absolute Gasteiger partial charge is 0.394 e. The van der Waals surface area contributed by atoms with Gasteiger partial charge in [-0.3, -0.25) is 4.79 Å². The van der Waals surface area contributed by atoms with Crippen LogP contribution in [0, 0.1) is 0 Å². The Kier molecular flexibility index (Phi) is 42.1. The molecular weight excluding hydrogens is 835 g/mol. The molecule has 11 heteroatoms. The predicted molar refractivity (Wildman–Crippen MR) is 270 cm³/mol. The Morgan fingerprint density at radius 2 is 0.924 bits per heavy atom. The molecule has 1 fully saturated rings. The van der Waals surface area contributed by atoms with Crippen molar-refractivity contribution in [2.75, 3.05) is 13.2 Å². The van der Waals surface area contributed by atoms with Crippen LogP contribution in [0.25, 0.3) is 0 Å². The fourth-order valence-electron chi connectivity index (χ4n) is 8.66. The van der Waals surface area contributed by atoms with Crippen molar-refractivity contribution in [1.29, 1.82) is 0 Å². The quantitative estimate of drug-likeness (QED) is 0.0215. The maximum atomic E-state index is 13.1. The standard InChI is InChI=1S/C55H103NO10/c1-3-5-7-9-11-13-15-17-19-20-21-22-23-24-25-26-27-28-29-31-33-35-37-39-41-43-48(59)54(64)56-46(45-65-55-53(63)52(62)51(61)49(44-57)66-55)50(60)47(58)42-40-38-36-34-32-30-18-16-14-12-10-8-6-4-2/h8,10,16,18,34,36,46-53,55,57-63H,3-7,9,11-15,17,19-33,35,37-45H2,1-2H3,(H,56,64)/b10-8+,18-16+,36-34+. The number of hydrogen-bond donors (Lipinski definition) is 8. The number of carbonyl (C=O) groups excluding carboxylic acids is 1. The Balaban J connectivity index is 2.31. The zero-order valence-corrected chi connectivity index (χ0v) is 42.2. The fraction of sp³-hybridized carbons (Fsp3) is 0.873. The van der Waals surface area contributed by atoms with Crippen LogP contribution in [0.1, 0.15) is 239 Å². The number of nitrogens with one attached hydrogen (secondary N) is 1. The molecule has 8 N–H and O–H groups in total. The molecule has 66 heavy (non-hydrogen) atoms. The topological polar surface area (TPSA) is 189 Å². The van der Waals surface area contributed by atoms with E-state index < -0.39 is 74.2 Å². The number of unbranched alkanes of at least 4 members (excludes halogenated alkanes) is 28. The fourth-order valence-corrected chi connectivity index (χ4v) is 8.66. The lowest BCUT2D eigenvalue weighted by atomic mass is 9.98. The van der Waals surface area contributed by atoms with E-state index in [9.17, 15) is 40.5 Å². The molecule has 1 rings (SSSR count). The van der Waals surface area contributed by atoms with Crippen LogP contribution in [0.3, 0.4) is 0 Å². The highest BCUT2D eigenvalue weighted by molar-refractivity contribution is 5.80. The van der Waals surface area contributed by atoms with Gasteiger partial charge in [0.25, 0.3) is 0 Å². The van der Waals surface area contributed by atoms with Gasteiger partial charge >= 0.3 is 0 Å². The van der Waals surface area contributed by atoms with E-state index in [4.69, 9.17) is 9.47 Å². The number of rotatable bonds is 46. The van der Waals surface area contributed by atoms with E-state index in [1.165, 1.54) is 141 Å². The number of allylic oxidation sites excluding steroid dienone is 6. The number of carbonyl (C=O) groups is 1. The third-order valence-corrected chi connectivity index (χ3v) is 13.1.